The fourth-order valence-corrected chi connectivity index (χ4v) is 2.87. The van der Waals surface area contributed by atoms with Gasteiger partial charge in [0.15, 0.2) is 11.6 Å². The monoisotopic (exact) mass is 343 g/mol. The highest BCUT2D eigenvalue weighted by Crippen LogP contribution is 2.27. The van der Waals surface area contributed by atoms with Crippen molar-refractivity contribution in [3.63, 3.8) is 0 Å². The van der Waals surface area contributed by atoms with Crippen molar-refractivity contribution in [1.82, 2.24) is 14.8 Å². The summed E-state index contributed by atoms with van der Waals surface area (Å²) in [5, 5.41) is 23.5. The van der Waals surface area contributed by atoms with Crippen LogP contribution in [0.25, 0.3) is 33.9 Å². The highest BCUT2D eigenvalue weighted by atomic mass is 16.3. The molecule has 4 aromatic rings. The molecule has 0 unspecified atom stereocenters. The molecule has 1 heterocycles. The van der Waals surface area contributed by atoms with Gasteiger partial charge in [-0.15, -0.1) is 0 Å². The quantitative estimate of drug-likeness (QED) is 0.584. The van der Waals surface area contributed by atoms with Crippen molar-refractivity contribution in [3.05, 3.63) is 72.8 Å². The molecule has 3 aromatic carbocycles. The van der Waals surface area contributed by atoms with Gasteiger partial charge in [0, 0.05) is 18.2 Å². The summed E-state index contributed by atoms with van der Waals surface area (Å²) in [5.74, 6) is 1.76. The third-order valence-corrected chi connectivity index (χ3v) is 4.21. The van der Waals surface area contributed by atoms with Crippen LogP contribution in [0.2, 0.25) is 0 Å². The zero-order valence-corrected chi connectivity index (χ0v) is 14.2. The predicted octanol–water partition coefficient (Wildman–Crippen LogP) is 4.23. The van der Waals surface area contributed by atoms with E-state index < -0.39 is 0 Å². The van der Waals surface area contributed by atoms with Crippen LogP contribution < -0.4 is 0 Å². The lowest BCUT2D eigenvalue weighted by molar-refractivity contribution is 0.475. The lowest BCUT2D eigenvalue weighted by atomic mass is 10.0. The van der Waals surface area contributed by atoms with Crippen LogP contribution in [-0.2, 0) is 7.05 Å². The molecule has 0 saturated heterocycles. The molecule has 5 nitrogen and oxygen atoms in total. The highest BCUT2D eigenvalue weighted by Gasteiger charge is 2.12. The molecule has 0 aliphatic heterocycles. The second-order valence-corrected chi connectivity index (χ2v) is 6.06. The molecule has 0 bridgehead atoms. The van der Waals surface area contributed by atoms with Crippen molar-refractivity contribution in [2.24, 2.45) is 7.05 Å². The summed E-state index contributed by atoms with van der Waals surface area (Å²) in [7, 11) is 1.85. The van der Waals surface area contributed by atoms with Crippen LogP contribution in [0.1, 0.15) is 0 Å². The smallest absolute Gasteiger partial charge is 0.181 e. The van der Waals surface area contributed by atoms with Gasteiger partial charge in [-0.3, -0.25) is 0 Å². The van der Waals surface area contributed by atoms with Crippen LogP contribution in [0.15, 0.2) is 72.8 Å². The molecule has 128 valence electrons. The van der Waals surface area contributed by atoms with Crippen molar-refractivity contribution < 1.29 is 10.2 Å². The summed E-state index contributed by atoms with van der Waals surface area (Å²) in [6, 6.07) is 22.0. The fourth-order valence-electron chi connectivity index (χ4n) is 2.87. The van der Waals surface area contributed by atoms with Crippen LogP contribution in [0.5, 0.6) is 11.5 Å². The van der Waals surface area contributed by atoms with Crippen LogP contribution in [0.3, 0.4) is 0 Å². The molecule has 4 rings (SSSR count). The Kier molecular flexibility index (Phi) is 3.89. The third-order valence-electron chi connectivity index (χ3n) is 4.21. The average molecular weight is 343 g/mol. The highest BCUT2D eigenvalue weighted by molar-refractivity contribution is 5.69. The first-order valence-electron chi connectivity index (χ1n) is 8.20. The molecule has 0 radical (unpaired) electrons. The lowest BCUT2D eigenvalue weighted by Gasteiger charge is -2.04. The van der Waals surface area contributed by atoms with E-state index in [1.165, 1.54) is 0 Å². The number of aromatic hydroxyl groups is 2. The van der Waals surface area contributed by atoms with E-state index in [0.717, 1.165) is 28.1 Å². The number of hydrogen-bond donors (Lipinski definition) is 2. The standard InChI is InChI=1S/C21H17N3O2/c1-24-21(22-20(23-24)17-3-2-4-19(26)13-17)16-7-5-14(6-8-16)15-9-11-18(25)12-10-15/h2-13,25-26H,1H3. The Bertz CT molecular complexity index is 1050. The van der Waals surface area contributed by atoms with Crippen molar-refractivity contribution in [2.45, 2.75) is 0 Å². The second-order valence-electron chi connectivity index (χ2n) is 6.06. The summed E-state index contributed by atoms with van der Waals surface area (Å²) in [5.41, 5.74) is 3.82. The van der Waals surface area contributed by atoms with E-state index in [-0.39, 0.29) is 11.5 Å². The Morgan fingerprint density at radius 3 is 1.96 bits per heavy atom. The minimum Gasteiger partial charge on any atom is -0.508 e. The maximum atomic E-state index is 9.65. The minimum absolute atomic E-state index is 0.190. The van der Waals surface area contributed by atoms with E-state index >= 15 is 0 Å². The van der Waals surface area contributed by atoms with Gasteiger partial charge in [0.2, 0.25) is 0 Å². The number of aryl methyl sites for hydroxylation is 1. The number of rotatable bonds is 3. The van der Waals surface area contributed by atoms with E-state index in [9.17, 15) is 10.2 Å². The summed E-state index contributed by atoms with van der Waals surface area (Å²) >= 11 is 0. The van der Waals surface area contributed by atoms with Gasteiger partial charge >= 0.3 is 0 Å². The predicted molar refractivity (Wildman–Crippen MR) is 101 cm³/mol. The molecular weight excluding hydrogens is 326 g/mol. The van der Waals surface area contributed by atoms with E-state index in [1.54, 1.807) is 35.0 Å². The molecule has 0 fully saturated rings. The zero-order chi connectivity index (χ0) is 18.1. The molecule has 0 atom stereocenters. The molecule has 0 spiro atoms. The first kappa shape index (κ1) is 15.9. The summed E-state index contributed by atoms with van der Waals surface area (Å²) in [6.45, 7) is 0. The van der Waals surface area contributed by atoms with Crippen LogP contribution in [0, 0.1) is 0 Å². The topological polar surface area (TPSA) is 71.2 Å². The molecule has 1 aromatic heterocycles. The fraction of sp³-hybridized carbons (Fsp3) is 0.0476. The van der Waals surface area contributed by atoms with Gasteiger partial charge in [-0.25, -0.2) is 9.67 Å². The van der Waals surface area contributed by atoms with Gasteiger partial charge in [-0.05, 0) is 35.4 Å². The van der Waals surface area contributed by atoms with E-state index in [0.29, 0.717) is 5.82 Å². The van der Waals surface area contributed by atoms with Gasteiger partial charge in [-0.1, -0.05) is 48.5 Å². The number of phenols is 2. The maximum absolute atomic E-state index is 9.65. The average Bonchev–Trinajstić information content (AvgIpc) is 3.04. The van der Waals surface area contributed by atoms with Crippen molar-refractivity contribution in [1.29, 1.82) is 0 Å². The second kappa shape index (κ2) is 6.37. The van der Waals surface area contributed by atoms with Crippen LogP contribution in [-0.4, -0.2) is 25.0 Å². The van der Waals surface area contributed by atoms with Crippen molar-refractivity contribution >= 4 is 0 Å². The van der Waals surface area contributed by atoms with Gasteiger partial charge in [0.05, 0.1) is 0 Å². The number of benzene rings is 3. The number of aromatic nitrogens is 3. The van der Waals surface area contributed by atoms with Gasteiger partial charge in [0.1, 0.15) is 11.5 Å². The summed E-state index contributed by atoms with van der Waals surface area (Å²) in [6.07, 6.45) is 0. The summed E-state index contributed by atoms with van der Waals surface area (Å²) in [4.78, 5) is 4.61. The normalized spacial score (nSPS) is 10.8. The Balaban J connectivity index is 1.67. The van der Waals surface area contributed by atoms with Crippen LogP contribution in [0.4, 0.5) is 0 Å². The molecule has 26 heavy (non-hydrogen) atoms. The Morgan fingerprint density at radius 2 is 1.31 bits per heavy atom. The van der Waals surface area contributed by atoms with E-state index in [4.69, 9.17) is 0 Å². The molecule has 0 saturated carbocycles. The summed E-state index contributed by atoms with van der Waals surface area (Å²) < 4.78 is 1.73. The van der Waals surface area contributed by atoms with Crippen LogP contribution >= 0.6 is 0 Å². The largest absolute Gasteiger partial charge is 0.508 e. The number of phenolic OH excluding ortho intramolecular Hbond substituents is 2. The molecule has 2 N–H and O–H groups in total. The van der Waals surface area contributed by atoms with Crippen molar-refractivity contribution in [3.8, 4) is 45.4 Å². The van der Waals surface area contributed by atoms with E-state index in [2.05, 4.69) is 10.1 Å². The zero-order valence-electron chi connectivity index (χ0n) is 14.2. The minimum atomic E-state index is 0.190. The molecule has 0 aliphatic carbocycles. The molecule has 0 amide bonds. The Morgan fingerprint density at radius 1 is 0.692 bits per heavy atom. The van der Waals surface area contributed by atoms with Crippen molar-refractivity contribution in [2.75, 3.05) is 0 Å². The first-order chi connectivity index (χ1) is 12.6. The molecular formula is C21H17N3O2. The number of hydrogen-bond acceptors (Lipinski definition) is 4. The first-order valence-corrected chi connectivity index (χ1v) is 8.20. The maximum Gasteiger partial charge on any atom is 0.181 e. The lowest BCUT2D eigenvalue weighted by Crippen LogP contribution is -1.94. The van der Waals surface area contributed by atoms with Gasteiger partial charge < -0.3 is 10.2 Å². The number of nitrogens with zero attached hydrogens (tertiary/aromatic N) is 3. The SMILES string of the molecule is Cn1nc(-c2cccc(O)c2)nc1-c1ccc(-c2ccc(O)cc2)cc1. The van der Waals surface area contributed by atoms with Gasteiger partial charge in [-0.2, -0.15) is 5.10 Å². The Labute approximate surface area is 150 Å². The molecule has 0 aliphatic rings. The Hall–Kier alpha value is -3.60. The van der Waals surface area contributed by atoms with E-state index in [1.807, 2.05) is 49.5 Å². The third kappa shape index (κ3) is 3.02. The van der Waals surface area contributed by atoms with Gasteiger partial charge in [0.25, 0.3) is 0 Å². The molecule has 5 heteroatoms.